The minimum absolute atomic E-state index is 0.461. The lowest BCUT2D eigenvalue weighted by atomic mass is 10.0. The Morgan fingerprint density at radius 1 is 0.292 bits per heavy atom. The predicted octanol–water partition coefficient (Wildman–Crippen LogP) is 10.2. The maximum Gasteiger partial charge on any atom is 0.227 e. The minimum Gasteiger partial charge on any atom is -0.435 e. The topological polar surface area (TPSA) is 90.7 Å². The quantitative estimate of drug-likeness (QED) is 0.183. The van der Waals surface area contributed by atoms with Crippen molar-refractivity contribution in [3.05, 3.63) is 152 Å². The number of rotatable bonds is 6. The summed E-state index contributed by atoms with van der Waals surface area (Å²) in [6.45, 7) is 0. The van der Waals surface area contributed by atoms with Gasteiger partial charge in [-0.05, 0) is 59.7 Å². The van der Waals surface area contributed by atoms with Crippen molar-refractivity contribution in [3.8, 4) is 68.2 Å². The number of benzene rings is 6. The second-order valence-electron chi connectivity index (χ2n) is 11.3. The second kappa shape index (κ2) is 11.6. The fourth-order valence-electron chi connectivity index (χ4n) is 5.85. The van der Waals surface area contributed by atoms with Gasteiger partial charge in [0.05, 0.1) is 11.1 Å². The van der Waals surface area contributed by atoms with E-state index in [1.807, 2.05) is 127 Å². The van der Waals surface area contributed by atoms with Crippen LogP contribution in [0.25, 0.3) is 90.4 Å². The lowest BCUT2D eigenvalue weighted by Crippen LogP contribution is -2.00. The number of hydrogen-bond acceptors (Lipinski definition) is 7. The van der Waals surface area contributed by atoms with Gasteiger partial charge >= 0.3 is 0 Å². The number of nitrogens with zero attached hydrogens (tertiary/aromatic N) is 5. The van der Waals surface area contributed by atoms with E-state index in [-0.39, 0.29) is 0 Å². The van der Waals surface area contributed by atoms with E-state index in [1.165, 1.54) is 0 Å². The van der Waals surface area contributed by atoms with Crippen LogP contribution in [-0.2, 0) is 0 Å². The SMILES string of the molecule is c1ccc(-c2ccc(-c3nc(-c4cccc5nc(-c6ccccc6)oc45)nc(-c4cccc5nc(-c6ccccc6)oc45)n3)cc2)cc1. The van der Waals surface area contributed by atoms with Crippen LogP contribution < -0.4 is 0 Å². The minimum atomic E-state index is 0.461. The van der Waals surface area contributed by atoms with Gasteiger partial charge in [0.1, 0.15) is 11.0 Å². The number of para-hydroxylation sites is 2. The van der Waals surface area contributed by atoms with E-state index >= 15 is 0 Å². The first-order chi connectivity index (χ1) is 23.8. The van der Waals surface area contributed by atoms with Crippen molar-refractivity contribution in [1.29, 1.82) is 0 Å². The van der Waals surface area contributed by atoms with Crippen LogP contribution in [0, 0.1) is 0 Å². The molecule has 0 unspecified atom stereocenters. The van der Waals surface area contributed by atoms with E-state index in [4.69, 9.17) is 33.8 Å². The monoisotopic (exact) mass is 619 g/mol. The molecule has 0 atom stereocenters. The van der Waals surface area contributed by atoms with E-state index in [2.05, 4.69) is 24.3 Å². The van der Waals surface area contributed by atoms with Gasteiger partial charge in [-0.2, -0.15) is 0 Å². The molecule has 7 nitrogen and oxygen atoms in total. The maximum absolute atomic E-state index is 6.38. The molecule has 9 rings (SSSR count). The fraction of sp³-hybridized carbons (Fsp3) is 0. The zero-order valence-corrected chi connectivity index (χ0v) is 25.5. The maximum atomic E-state index is 6.38. The van der Waals surface area contributed by atoms with Gasteiger partial charge in [0.15, 0.2) is 28.6 Å². The first kappa shape index (κ1) is 27.6. The molecule has 0 aliphatic rings. The zero-order valence-electron chi connectivity index (χ0n) is 25.5. The molecule has 3 aromatic heterocycles. The van der Waals surface area contributed by atoms with Gasteiger partial charge in [-0.3, -0.25) is 0 Å². The Hall–Kier alpha value is -6.73. The summed E-state index contributed by atoms with van der Waals surface area (Å²) in [5.74, 6) is 2.51. The van der Waals surface area contributed by atoms with Crippen molar-refractivity contribution in [3.63, 3.8) is 0 Å². The zero-order chi connectivity index (χ0) is 31.9. The van der Waals surface area contributed by atoms with Crippen LogP contribution in [0.15, 0.2) is 160 Å². The average molecular weight is 620 g/mol. The van der Waals surface area contributed by atoms with E-state index in [0.29, 0.717) is 62.6 Å². The van der Waals surface area contributed by atoms with Gasteiger partial charge in [-0.1, -0.05) is 103 Å². The van der Waals surface area contributed by atoms with Crippen LogP contribution >= 0.6 is 0 Å². The molecule has 0 N–H and O–H groups in total. The first-order valence-corrected chi connectivity index (χ1v) is 15.6. The number of aromatic nitrogens is 5. The third kappa shape index (κ3) is 5.00. The molecule has 0 bridgehead atoms. The number of oxazole rings is 2. The Kier molecular flexibility index (Phi) is 6.64. The van der Waals surface area contributed by atoms with Crippen molar-refractivity contribution in [2.75, 3.05) is 0 Å². The van der Waals surface area contributed by atoms with Crippen LogP contribution in [0.3, 0.4) is 0 Å². The molecule has 0 aliphatic carbocycles. The lowest BCUT2D eigenvalue weighted by molar-refractivity contribution is 0.620. The summed E-state index contributed by atoms with van der Waals surface area (Å²) in [5, 5.41) is 0. The van der Waals surface area contributed by atoms with Crippen LogP contribution in [-0.4, -0.2) is 24.9 Å². The molecule has 0 fully saturated rings. The molecule has 0 aliphatic heterocycles. The molecule has 0 spiro atoms. The molecule has 6 aromatic carbocycles. The highest BCUT2D eigenvalue weighted by molar-refractivity contribution is 5.92. The molecule has 9 aromatic rings. The first-order valence-electron chi connectivity index (χ1n) is 15.6. The third-order valence-corrected chi connectivity index (χ3v) is 8.24. The highest BCUT2D eigenvalue weighted by Gasteiger charge is 2.21. The summed E-state index contributed by atoms with van der Waals surface area (Å²) in [4.78, 5) is 24.6. The predicted molar refractivity (Wildman–Crippen MR) is 188 cm³/mol. The molecular weight excluding hydrogens is 594 g/mol. The van der Waals surface area contributed by atoms with Gasteiger partial charge in [-0.25, -0.2) is 24.9 Å². The van der Waals surface area contributed by atoms with Crippen molar-refractivity contribution in [2.45, 2.75) is 0 Å². The molecule has 0 amide bonds. The molecule has 3 heterocycles. The number of hydrogen-bond donors (Lipinski definition) is 0. The molecule has 0 radical (unpaired) electrons. The Morgan fingerprint density at radius 3 is 1.17 bits per heavy atom. The fourth-order valence-corrected chi connectivity index (χ4v) is 5.85. The highest BCUT2D eigenvalue weighted by Crippen LogP contribution is 2.35. The summed E-state index contributed by atoms with van der Waals surface area (Å²) in [7, 11) is 0. The van der Waals surface area contributed by atoms with E-state index in [0.717, 1.165) is 27.8 Å². The Bertz CT molecular complexity index is 2410. The summed E-state index contributed by atoms with van der Waals surface area (Å²) in [6.07, 6.45) is 0. The largest absolute Gasteiger partial charge is 0.435 e. The molecule has 0 saturated heterocycles. The Morgan fingerprint density at radius 2 is 0.688 bits per heavy atom. The molecule has 7 heteroatoms. The van der Waals surface area contributed by atoms with E-state index < -0.39 is 0 Å². The average Bonchev–Trinajstić information content (AvgIpc) is 3.81. The van der Waals surface area contributed by atoms with Crippen molar-refractivity contribution in [2.24, 2.45) is 0 Å². The normalized spacial score (nSPS) is 11.3. The van der Waals surface area contributed by atoms with Crippen molar-refractivity contribution < 1.29 is 8.83 Å². The highest BCUT2D eigenvalue weighted by atomic mass is 16.4. The summed E-state index contributed by atoms with van der Waals surface area (Å²) >= 11 is 0. The van der Waals surface area contributed by atoms with Gasteiger partial charge in [-0.15, -0.1) is 0 Å². The van der Waals surface area contributed by atoms with Gasteiger partial charge < -0.3 is 8.83 Å². The van der Waals surface area contributed by atoms with Crippen molar-refractivity contribution in [1.82, 2.24) is 24.9 Å². The summed E-state index contributed by atoms with van der Waals surface area (Å²) < 4.78 is 12.8. The number of fused-ring (bicyclic) bond motifs is 2. The third-order valence-electron chi connectivity index (χ3n) is 8.24. The van der Waals surface area contributed by atoms with Crippen LogP contribution in [0.1, 0.15) is 0 Å². The Labute approximate surface area is 275 Å². The second-order valence-corrected chi connectivity index (χ2v) is 11.3. The molecule has 226 valence electrons. The Balaban J connectivity index is 1.23. The van der Waals surface area contributed by atoms with Crippen molar-refractivity contribution >= 4 is 22.2 Å². The van der Waals surface area contributed by atoms with Crippen LogP contribution in [0.5, 0.6) is 0 Å². The van der Waals surface area contributed by atoms with E-state index in [9.17, 15) is 0 Å². The smallest absolute Gasteiger partial charge is 0.227 e. The summed E-state index contributed by atoms with van der Waals surface area (Å²) in [5.41, 5.74) is 8.93. The molecule has 48 heavy (non-hydrogen) atoms. The molecular formula is C41H25N5O2. The molecule has 0 saturated carbocycles. The summed E-state index contributed by atoms with van der Waals surface area (Å²) in [6, 6.07) is 49.9. The van der Waals surface area contributed by atoms with Gasteiger partial charge in [0, 0.05) is 16.7 Å². The van der Waals surface area contributed by atoms with Gasteiger partial charge in [0.25, 0.3) is 0 Å². The van der Waals surface area contributed by atoms with Crippen LogP contribution in [0.4, 0.5) is 0 Å². The van der Waals surface area contributed by atoms with Gasteiger partial charge in [0.2, 0.25) is 11.8 Å². The standard InChI is InChI=1S/C41H25N5O2/c1-4-12-26(13-5-1)27-22-24-28(25-23-27)37-44-38(31-18-10-20-33-35(31)47-40(42-33)29-14-6-2-7-15-29)46-39(45-37)32-19-11-21-34-36(32)48-41(43-34)30-16-8-3-9-17-30/h1-25H. The lowest BCUT2D eigenvalue weighted by Gasteiger charge is -2.09. The van der Waals surface area contributed by atoms with Crippen LogP contribution in [0.2, 0.25) is 0 Å². The van der Waals surface area contributed by atoms with E-state index in [1.54, 1.807) is 0 Å².